The number of hydrogen-bond acceptors (Lipinski definition) is 3. The first-order valence-electron chi connectivity index (χ1n) is 9.29. The number of para-hydroxylation sites is 1. The third-order valence-electron chi connectivity index (χ3n) is 4.43. The molecule has 0 atom stereocenters. The molecule has 0 spiro atoms. The third kappa shape index (κ3) is 5.41. The first kappa shape index (κ1) is 19.1. The molecule has 4 nitrogen and oxygen atoms in total. The summed E-state index contributed by atoms with van der Waals surface area (Å²) in [6.45, 7) is 2.44. The Morgan fingerprint density at radius 2 is 1.89 bits per heavy atom. The van der Waals surface area contributed by atoms with Crippen molar-refractivity contribution >= 4 is 35.0 Å². The Morgan fingerprint density at radius 3 is 2.67 bits per heavy atom. The molecule has 3 rings (SSSR count). The van der Waals surface area contributed by atoms with Crippen LogP contribution in [0.1, 0.15) is 37.3 Å². The van der Waals surface area contributed by atoms with Crippen LogP contribution in [0.4, 0.5) is 5.69 Å². The molecule has 0 radical (unpaired) electrons. The van der Waals surface area contributed by atoms with Gasteiger partial charge >= 0.3 is 0 Å². The van der Waals surface area contributed by atoms with Crippen LogP contribution in [0, 0.1) is 0 Å². The van der Waals surface area contributed by atoms with Crippen LogP contribution in [0.3, 0.4) is 0 Å². The number of aryl methyl sites for hydroxylation is 1. The highest BCUT2D eigenvalue weighted by molar-refractivity contribution is 7.80. The van der Waals surface area contributed by atoms with Gasteiger partial charge in [-0.3, -0.25) is 10.1 Å². The fourth-order valence-corrected chi connectivity index (χ4v) is 3.14. The van der Waals surface area contributed by atoms with Crippen molar-refractivity contribution in [2.75, 3.05) is 11.9 Å². The molecule has 0 bridgehead atoms. The molecule has 27 heavy (non-hydrogen) atoms. The quantitative estimate of drug-likeness (QED) is 0.563. The van der Waals surface area contributed by atoms with E-state index in [4.69, 9.17) is 17.0 Å². The Morgan fingerprint density at radius 1 is 1.11 bits per heavy atom. The molecule has 0 aliphatic carbocycles. The van der Waals surface area contributed by atoms with Gasteiger partial charge in [-0.2, -0.15) is 0 Å². The molecule has 1 aliphatic rings. The minimum Gasteiger partial charge on any atom is -0.488 e. The summed E-state index contributed by atoms with van der Waals surface area (Å²) >= 11 is 5.27. The third-order valence-corrected chi connectivity index (χ3v) is 4.64. The van der Waals surface area contributed by atoms with Crippen LogP contribution in [-0.2, 0) is 11.2 Å². The predicted octanol–water partition coefficient (Wildman–Crippen LogP) is 4.71. The van der Waals surface area contributed by atoms with Crippen LogP contribution in [0.5, 0.6) is 5.75 Å². The van der Waals surface area contributed by atoms with Crippen LogP contribution in [0.25, 0.3) is 6.08 Å². The molecule has 1 amide bonds. The number of ether oxygens (including phenoxy) is 1. The van der Waals surface area contributed by atoms with Crippen LogP contribution in [-0.4, -0.2) is 17.6 Å². The van der Waals surface area contributed by atoms with Gasteiger partial charge in [-0.05, 0) is 54.9 Å². The summed E-state index contributed by atoms with van der Waals surface area (Å²) < 4.78 is 5.62. The molecule has 2 N–H and O–H groups in total. The number of hydrogen-bond donors (Lipinski definition) is 2. The lowest BCUT2D eigenvalue weighted by Gasteiger charge is -2.18. The largest absolute Gasteiger partial charge is 0.488 e. The molecule has 2 aromatic rings. The second-order valence-corrected chi connectivity index (χ2v) is 6.97. The van der Waals surface area contributed by atoms with E-state index < -0.39 is 0 Å². The standard InChI is InChI=1S/C22H24N2O2S/c1-2-3-4-7-16-10-12-19(13-11-16)23-22(27)24-21(25)18-14-17-8-5-6-9-20(17)26-15-18/h5-6,8-14H,2-4,7,15H2,1H3,(H2,23,24,25,27). The van der Waals surface area contributed by atoms with Crippen LogP contribution in [0.2, 0.25) is 0 Å². The molecule has 0 aromatic heterocycles. The van der Waals surface area contributed by atoms with E-state index in [0.717, 1.165) is 23.4 Å². The molecule has 0 unspecified atom stereocenters. The number of carbonyl (C=O) groups excluding carboxylic acids is 1. The summed E-state index contributed by atoms with van der Waals surface area (Å²) in [7, 11) is 0. The summed E-state index contributed by atoms with van der Waals surface area (Å²) in [6.07, 6.45) is 6.60. The molecule has 1 heterocycles. The lowest BCUT2D eigenvalue weighted by atomic mass is 10.1. The number of thiocarbonyl (C=S) groups is 1. The maximum atomic E-state index is 12.4. The van der Waals surface area contributed by atoms with Gasteiger partial charge in [-0.25, -0.2) is 0 Å². The van der Waals surface area contributed by atoms with Gasteiger partial charge in [0.2, 0.25) is 0 Å². The monoisotopic (exact) mass is 380 g/mol. The maximum absolute atomic E-state index is 12.4. The summed E-state index contributed by atoms with van der Waals surface area (Å²) in [4.78, 5) is 12.4. The molecular formula is C22H24N2O2S. The van der Waals surface area contributed by atoms with E-state index >= 15 is 0 Å². The van der Waals surface area contributed by atoms with Crippen LogP contribution >= 0.6 is 12.2 Å². The van der Waals surface area contributed by atoms with E-state index in [1.54, 1.807) is 0 Å². The summed E-state index contributed by atoms with van der Waals surface area (Å²) in [5, 5.41) is 6.05. The van der Waals surface area contributed by atoms with E-state index in [9.17, 15) is 4.79 Å². The first-order chi connectivity index (χ1) is 13.2. The van der Waals surface area contributed by atoms with Crippen molar-refractivity contribution in [2.45, 2.75) is 32.6 Å². The zero-order chi connectivity index (χ0) is 19.1. The van der Waals surface area contributed by atoms with Crippen LogP contribution < -0.4 is 15.4 Å². The lowest BCUT2D eigenvalue weighted by molar-refractivity contribution is -0.116. The number of amides is 1. The number of nitrogens with one attached hydrogen (secondary N) is 2. The Balaban J connectivity index is 1.53. The zero-order valence-corrected chi connectivity index (χ0v) is 16.3. The number of unbranched alkanes of at least 4 members (excludes halogenated alkanes) is 2. The zero-order valence-electron chi connectivity index (χ0n) is 15.5. The first-order valence-corrected chi connectivity index (χ1v) is 9.70. The van der Waals surface area contributed by atoms with Gasteiger partial charge in [-0.1, -0.05) is 50.1 Å². The van der Waals surface area contributed by atoms with Gasteiger partial charge in [0.15, 0.2) is 5.11 Å². The van der Waals surface area contributed by atoms with Crippen molar-refractivity contribution in [3.8, 4) is 5.75 Å². The summed E-state index contributed by atoms with van der Waals surface area (Å²) in [5.41, 5.74) is 3.61. The van der Waals surface area contributed by atoms with E-state index in [2.05, 4.69) is 29.7 Å². The van der Waals surface area contributed by atoms with E-state index in [0.29, 0.717) is 5.57 Å². The minimum atomic E-state index is -0.252. The molecular weight excluding hydrogens is 356 g/mol. The van der Waals surface area contributed by atoms with E-state index in [1.165, 1.54) is 24.8 Å². The molecule has 5 heteroatoms. The molecule has 2 aromatic carbocycles. The predicted molar refractivity (Wildman–Crippen MR) is 114 cm³/mol. The molecule has 0 saturated carbocycles. The molecule has 140 valence electrons. The fraction of sp³-hybridized carbons (Fsp3) is 0.273. The topological polar surface area (TPSA) is 50.4 Å². The average molecular weight is 381 g/mol. The Hall–Kier alpha value is -2.66. The SMILES string of the molecule is CCCCCc1ccc(NC(=S)NC(=O)C2=Cc3ccccc3OC2)cc1. The maximum Gasteiger partial charge on any atom is 0.256 e. The normalized spacial score (nSPS) is 12.4. The second-order valence-electron chi connectivity index (χ2n) is 6.56. The van der Waals surface area contributed by atoms with E-state index in [1.807, 2.05) is 42.5 Å². The number of fused-ring (bicyclic) bond motifs is 1. The second kappa shape index (κ2) is 9.33. The number of carbonyl (C=O) groups is 1. The van der Waals surface area contributed by atoms with Crippen molar-refractivity contribution in [2.24, 2.45) is 0 Å². The van der Waals surface area contributed by atoms with Gasteiger partial charge in [0.05, 0.1) is 5.57 Å². The van der Waals surface area contributed by atoms with Gasteiger partial charge < -0.3 is 10.1 Å². The average Bonchev–Trinajstić information content (AvgIpc) is 2.69. The van der Waals surface area contributed by atoms with Gasteiger partial charge in [0.1, 0.15) is 12.4 Å². The smallest absolute Gasteiger partial charge is 0.256 e. The van der Waals surface area contributed by atoms with Crippen molar-refractivity contribution in [1.82, 2.24) is 5.32 Å². The van der Waals surface area contributed by atoms with E-state index in [-0.39, 0.29) is 17.6 Å². The number of anilines is 1. The van der Waals surface area contributed by atoms with Crippen molar-refractivity contribution in [1.29, 1.82) is 0 Å². The minimum absolute atomic E-state index is 0.234. The van der Waals surface area contributed by atoms with Gasteiger partial charge in [0, 0.05) is 11.3 Å². The Bertz CT molecular complexity index is 844. The Labute approximate surface area is 165 Å². The Kier molecular flexibility index (Phi) is 6.60. The van der Waals surface area contributed by atoms with Crippen molar-refractivity contribution in [3.63, 3.8) is 0 Å². The van der Waals surface area contributed by atoms with Crippen LogP contribution in [0.15, 0.2) is 54.1 Å². The van der Waals surface area contributed by atoms with Gasteiger partial charge in [-0.15, -0.1) is 0 Å². The molecule has 0 fully saturated rings. The number of benzene rings is 2. The fourth-order valence-electron chi connectivity index (χ4n) is 2.93. The highest BCUT2D eigenvalue weighted by Crippen LogP contribution is 2.25. The summed E-state index contributed by atoms with van der Waals surface area (Å²) in [5.74, 6) is 0.534. The van der Waals surface area contributed by atoms with Gasteiger partial charge in [0.25, 0.3) is 5.91 Å². The summed E-state index contributed by atoms with van der Waals surface area (Å²) in [6, 6.07) is 15.8. The highest BCUT2D eigenvalue weighted by atomic mass is 32.1. The van der Waals surface area contributed by atoms with Crippen molar-refractivity contribution in [3.05, 3.63) is 65.2 Å². The highest BCUT2D eigenvalue weighted by Gasteiger charge is 2.17. The molecule has 0 saturated heterocycles. The number of rotatable bonds is 6. The lowest BCUT2D eigenvalue weighted by Crippen LogP contribution is -2.36. The molecule has 1 aliphatic heterocycles. The van der Waals surface area contributed by atoms with Crippen molar-refractivity contribution < 1.29 is 9.53 Å².